The molecule has 1 N–H and O–H groups in total. The van der Waals surface area contributed by atoms with Crippen molar-refractivity contribution in [2.45, 2.75) is 20.8 Å². The number of carbonyl (C=O) groups is 3. The second-order valence-corrected chi connectivity index (χ2v) is 8.28. The summed E-state index contributed by atoms with van der Waals surface area (Å²) in [4.78, 5) is 38.6. The molecule has 0 radical (unpaired) electrons. The van der Waals surface area contributed by atoms with E-state index in [4.69, 9.17) is 21.1 Å². The predicted octanol–water partition coefficient (Wildman–Crippen LogP) is 5.12. The zero-order valence-electron chi connectivity index (χ0n) is 17.9. The molecule has 1 heterocycles. The Kier molecular flexibility index (Phi) is 7.82. The standard InChI is InChI=1S/C23H23ClN2O5S/c1-4-30-18-11-15(10-17(24)21(18)31-5-2)12-19-22(28)26(23(29)32-19)13-20(27)25-16-8-6-14(3)7-9-16/h6-12H,4-5,13H2,1-3H3,(H,25,27)/b19-12+. The number of carbonyl (C=O) groups excluding carboxylic acids is 3. The van der Waals surface area contributed by atoms with Gasteiger partial charge in [0.05, 0.1) is 23.1 Å². The average molecular weight is 475 g/mol. The minimum Gasteiger partial charge on any atom is -0.490 e. The van der Waals surface area contributed by atoms with Crippen LogP contribution in [0.5, 0.6) is 11.5 Å². The molecule has 0 saturated carbocycles. The molecule has 1 aliphatic heterocycles. The van der Waals surface area contributed by atoms with E-state index in [-0.39, 0.29) is 11.4 Å². The van der Waals surface area contributed by atoms with E-state index in [0.29, 0.717) is 41.0 Å². The lowest BCUT2D eigenvalue weighted by molar-refractivity contribution is -0.127. The molecule has 168 valence electrons. The lowest BCUT2D eigenvalue weighted by Crippen LogP contribution is -2.36. The smallest absolute Gasteiger partial charge is 0.294 e. The second kappa shape index (κ2) is 10.6. The van der Waals surface area contributed by atoms with Gasteiger partial charge in [-0.15, -0.1) is 0 Å². The molecule has 1 aliphatic rings. The first kappa shape index (κ1) is 23.7. The van der Waals surface area contributed by atoms with Crippen LogP contribution in [-0.4, -0.2) is 41.7 Å². The van der Waals surface area contributed by atoms with Gasteiger partial charge in [0.2, 0.25) is 5.91 Å². The van der Waals surface area contributed by atoms with E-state index in [9.17, 15) is 14.4 Å². The number of benzene rings is 2. The number of rotatable bonds is 8. The van der Waals surface area contributed by atoms with Crippen LogP contribution in [0.2, 0.25) is 5.02 Å². The number of anilines is 1. The summed E-state index contributed by atoms with van der Waals surface area (Å²) in [6.07, 6.45) is 1.55. The molecule has 0 unspecified atom stereocenters. The number of hydrogen-bond donors (Lipinski definition) is 1. The van der Waals surface area contributed by atoms with Crippen molar-refractivity contribution >= 4 is 52.2 Å². The number of halogens is 1. The molecule has 0 bridgehead atoms. The summed E-state index contributed by atoms with van der Waals surface area (Å²) >= 11 is 7.10. The third-order valence-electron chi connectivity index (χ3n) is 4.43. The first-order valence-corrected chi connectivity index (χ1v) is 11.2. The van der Waals surface area contributed by atoms with Crippen molar-refractivity contribution in [2.24, 2.45) is 0 Å². The summed E-state index contributed by atoms with van der Waals surface area (Å²) in [6, 6.07) is 10.6. The molecular formula is C23H23ClN2O5S. The van der Waals surface area contributed by atoms with Gasteiger partial charge in [0.1, 0.15) is 6.54 Å². The fourth-order valence-electron chi connectivity index (χ4n) is 2.99. The molecule has 0 spiro atoms. The summed E-state index contributed by atoms with van der Waals surface area (Å²) in [6.45, 7) is 6.07. The van der Waals surface area contributed by atoms with Gasteiger partial charge in [-0.05, 0) is 68.4 Å². The highest BCUT2D eigenvalue weighted by molar-refractivity contribution is 8.18. The van der Waals surface area contributed by atoms with Crippen LogP contribution < -0.4 is 14.8 Å². The lowest BCUT2D eigenvalue weighted by Gasteiger charge is -2.13. The molecule has 1 saturated heterocycles. The summed E-state index contributed by atoms with van der Waals surface area (Å²) in [5.74, 6) is -0.124. The highest BCUT2D eigenvalue weighted by Crippen LogP contribution is 2.39. The van der Waals surface area contributed by atoms with Gasteiger partial charge in [-0.1, -0.05) is 29.3 Å². The summed E-state index contributed by atoms with van der Waals surface area (Å²) in [7, 11) is 0. The van der Waals surface area contributed by atoms with Crippen molar-refractivity contribution in [1.29, 1.82) is 0 Å². The first-order valence-electron chi connectivity index (χ1n) is 10.0. The number of nitrogens with one attached hydrogen (secondary N) is 1. The molecule has 3 rings (SSSR count). The van der Waals surface area contributed by atoms with Crippen molar-refractivity contribution in [2.75, 3.05) is 25.1 Å². The van der Waals surface area contributed by atoms with E-state index in [1.807, 2.05) is 32.9 Å². The molecular weight excluding hydrogens is 452 g/mol. The SMILES string of the molecule is CCOc1cc(/C=C2/SC(=O)N(CC(=O)Nc3ccc(C)cc3)C2=O)cc(Cl)c1OCC. The van der Waals surface area contributed by atoms with Crippen LogP contribution in [-0.2, 0) is 9.59 Å². The average Bonchev–Trinajstić information content (AvgIpc) is 3.00. The zero-order valence-corrected chi connectivity index (χ0v) is 19.5. The fourth-order valence-corrected chi connectivity index (χ4v) is 4.10. The van der Waals surface area contributed by atoms with E-state index >= 15 is 0 Å². The molecule has 1 fully saturated rings. The van der Waals surface area contributed by atoms with Crippen LogP contribution in [0.25, 0.3) is 6.08 Å². The van der Waals surface area contributed by atoms with Crippen LogP contribution >= 0.6 is 23.4 Å². The highest BCUT2D eigenvalue weighted by Gasteiger charge is 2.36. The Morgan fingerprint density at radius 2 is 1.81 bits per heavy atom. The second-order valence-electron chi connectivity index (χ2n) is 6.88. The number of hydrogen-bond acceptors (Lipinski definition) is 6. The largest absolute Gasteiger partial charge is 0.490 e. The monoisotopic (exact) mass is 474 g/mol. The number of ether oxygens (including phenoxy) is 2. The summed E-state index contributed by atoms with van der Waals surface area (Å²) in [5.41, 5.74) is 2.23. The molecule has 3 amide bonds. The maximum Gasteiger partial charge on any atom is 0.294 e. The third-order valence-corrected chi connectivity index (χ3v) is 5.62. The lowest BCUT2D eigenvalue weighted by atomic mass is 10.1. The van der Waals surface area contributed by atoms with Gasteiger partial charge < -0.3 is 14.8 Å². The minimum absolute atomic E-state index is 0.195. The highest BCUT2D eigenvalue weighted by atomic mass is 35.5. The Bertz CT molecular complexity index is 1070. The first-order chi connectivity index (χ1) is 15.3. The van der Waals surface area contributed by atoms with Gasteiger partial charge in [-0.2, -0.15) is 0 Å². The van der Waals surface area contributed by atoms with Crippen molar-refractivity contribution in [1.82, 2.24) is 4.90 Å². The van der Waals surface area contributed by atoms with Gasteiger partial charge in [0, 0.05) is 5.69 Å². The molecule has 2 aromatic rings. The van der Waals surface area contributed by atoms with Crippen LogP contribution in [0.4, 0.5) is 10.5 Å². The topological polar surface area (TPSA) is 84.9 Å². The van der Waals surface area contributed by atoms with Gasteiger partial charge in [-0.3, -0.25) is 19.3 Å². The Morgan fingerprint density at radius 1 is 1.12 bits per heavy atom. The van der Waals surface area contributed by atoms with E-state index in [2.05, 4.69) is 5.32 Å². The molecule has 2 aromatic carbocycles. The maximum absolute atomic E-state index is 12.8. The Hall–Kier alpha value is -2.97. The van der Waals surface area contributed by atoms with E-state index in [1.54, 1.807) is 30.3 Å². The molecule has 32 heavy (non-hydrogen) atoms. The van der Waals surface area contributed by atoms with Gasteiger partial charge in [0.15, 0.2) is 11.5 Å². The number of imide groups is 1. The van der Waals surface area contributed by atoms with E-state index in [0.717, 1.165) is 22.2 Å². The zero-order chi connectivity index (χ0) is 23.3. The Morgan fingerprint density at radius 3 is 2.47 bits per heavy atom. The van der Waals surface area contributed by atoms with Crippen LogP contribution in [0.1, 0.15) is 25.0 Å². The van der Waals surface area contributed by atoms with E-state index < -0.39 is 17.1 Å². The van der Waals surface area contributed by atoms with Crippen LogP contribution in [0, 0.1) is 6.92 Å². The van der Waals surface area contributed by atoms with Crippen molar-refractivity contribution in [3.8, 4) is 11.5 Å². The fraction of sp³-hybridized carbons (Fsp3) is 0.261. The van der Waals surface area contributed by atoms with Gasteiger partial charge in [0.25, 0.3) is 11.1 Å². The quantitative estimate of drug-likeness (QED) is 0.534. The maximum atomic E-state index is 12.8. The van der Waals surface area contributed by atoms with Crippen LogP contribution in [0.3, 0.4) is 0 Å². The van der Waals surface area contributed by atoms with Crippen LogP contribution in [0.15, 0.2) is 41.3 Å². The summed E-state index contributed by atoms with van der Waals surface area (Å²) in [5, 5.41) is 2.51. The minimum atomic E-state index is -0.540. The molecule has 9 heteroatoms. The molecule has 0 atom stereocenters. The van der Waals surface area contributed by atoms with Crippen molar-refractivity contribution < 1.29 is 23.9 Å². The van der Waals surface area contributed by atoms with Crippen molar-refractivity contribution in [3.63, 3.8) is 0 Å². The molecule has 7 nitrogen and oxygen atoms in total. The summed E-state index contributed by atoms with van der Waals surface area (Å²) < 4.78 is 11.1. The predicted molar refractivity (Wildman–Crippen MR) is 126 cm³/mol. The van der Waals surface area contributed by atoms with E-state index in [1.165, 1.54) is 0 Å². The van der Waals surface area contributed by atoms with Gasteiger partial charge >= 0.3 is 0 Å². The number of thioether (sulfide) groups is 1. The van der Waals surface area contributed by atoms with Gasteiger partial charge in [-0.25, -0.2) is 0 Å². The Labute approximate surface area is 195 Å². The normalized spacial score (nSPS) is 14.8. The Balaban J connectivity index is 1.76. The number of nitrogens with zero attached hydrogens (tertiary/aromatic N) is 1. The third kappa shape index (κ3) is 5.63. The van der Waals surface area contributed by atoms with Crippen molar-refractivity contribution in [3.05, 3.63) is 57.5 Å². The number of aryl methyl sites for hydroxylation is 1. The molecule has 0 aromatic heterocycles. The molecule has 0 aliphatic carbocycles. The number of amides is 3.